The molecule has 1 heterocycles. The number of thioether (sulfide) groups is 1. The molecule has 31 heavy (non-hydrogen) atoms. The van der Waals surface area contributed by atoms with Crippen LogP contribution in [0.5, 0.6) is 0 Å². The third kappa shape index (κ3) is 7.54. The van der Waals surface area contributed by atoms with Crippen molar-refractivity contribution in [2.45, 2.75) is 30.8 Å². The van der Waals surface area contributed by atoms with Crippen molar-refractivity contribution >= 4 is 33.2 Å². The molecule has 0 fully saturated rings. The smallest absolute Gasteiger partial charge is 0.266 e. The van der Waals surface area contributed by atoms with Gasteiger partial charge in [0.25, 0.3) is 6.43 Å². The van der Waals surface area contributed by atoms with Crippen LogP contribution in [-0.2, 0) is 21.1 Å². The van der Waals surface area contributed by atoms with Crippen molar-refractivity contribution in [2.24, 2.45) is 5.16 Å². The summed E-state index contributed by atoms with van der Waals surface area (Å²) in [7, 11) is -3.46. The molecule has 170 valence electrons. The molecule has 0 saturated carbocycles. The molecule has 0 saturated heterocycles. The zero-order valence-corrected chi connectivity index (χ0v) is 18.0. The molecule has 0 radical (unpaired) electrons. The van der Waals surface area contributed by atoms with Crippen LogP contribution in [0.2, 0.25) is 0 Å². The number of nitrogens with one attached hydrogen (secondary N) is 1. The SMILES string of the molecule is C[C@@H](CSc1nonc1C(Cc1ccc(F)c(C(F)F)c1)=NO)NC(=O)CS(C)(=O)=O. The summed E-state index contributed by atoms with van der Waals surface area (Å²) in [6.45, 7) is 1.64. The molecule has 1 amide bonds. The molecule has 0 bridgehead atoms. The van der Waals surface area contributed by atoms with Crippen LogP contribution in [0.4, 0.5) is 13.2 Å². The van der Waals surface area contributed by atoms with E-state index in [0.29, 0.717) is 0 Å². The van der Waals surface area contributed by atoms with E-state index in [1.54, 1.807) is 6.92 Å². The number of benzene rings is 1. The van der Waals surface area contributed by atoms with Gasteiger partial charge in [0.15, 0.2) is 20.6 Å². The van der Waals surface area contributed by atoms with Crippen molar-refractivity contribution in [2.75, 3.05) is 17.8 Å². The normalized spacial score (nSPS) is 13.4. The van der Waals surface area contributed by atoms with Crippen LogP contribution in [0.25, 0.3) is 0 Å². The van der Waals surface area contributed by atoms with Crippen LogP contribution in [0, 0.1) is 5.82 Å². The fourth-order valence-corrected chi connectivity index (χ4v) is 3.91. The third-order valence-electron chi connectivity index (χ3n) is 3.79. The van der Waals surface area contributed by atoms with Crippen LogP contribution in [0.3, 0.4) is 0 Å². The number of oxime groups is 1. The molecule has 0 aliphatic carbocycles. The number of hydrogen-bond donors (Lipinski definition) is 2. The molecule has 0 aliphatic rings. The second-order valence-electron chi connectivity index (χ2n) is 6.65. The fraction of sp³-hybridized carbons (Fsp3) is 0.412. The summed E-state index contributed by atoms with van der Waals surface area (Å²) < 4.78 is 66.2. The molecule has 1 atom stereocenters. The Kier molecular flexibility index (Phi) is 8.44. The number of nitrogens with zero attached hydrogens (tertiary/aromatic N) is 3. The summed E-state index contributed by atoms with van der Waals surface area (Å²) in [6.07, 6.45) is -2.21. The second-order valence-corrected chi connectivity index (χ2v) is 9.80. The van der Waals surface area contributed by atoms with E-state index in [1.807, 2.05) is 0 Å². The summed E-state index contributed by atoms with van der Waals surface area (Å²) >= 11 is 1.08. The van der Waals surface area contributed by atoms with E-state index in [9.17, 15) is 31.6 Å². The van der Waals surface area contributed by atoms with Crippen LogP contribution >= 0.6 is 11.8 Å². The lowest BCUT2D eigenvalue weighted by molar-refractivity contribution is -0.119. The maximum atomic E-state index is 13.5. The Hall–Kier alpha value is -2.61. The first-order chi connectivity index (χ1) is 14.5. The molecule has 0 aliphatic heterocycles. The molecule has 9 nitrogen and oxygen atoms in total. The van der Waals surface area contributed by atoms with E-state index < -0.39 is 45.3 Å². The fourth-order valence-electron chi connectivity index (χ4n) is 2.48. The number of hydrogen-bond acceptors (Lipinski definition) is 9. The Morgan fingerprint density at radius 2 is 2.06 bits per heavy atom. The van der Waals surface area contributed by atoms with E-state index in [2.05, 4.69) is 25.4 Å². The number of amides is 1. The maximum Gasteiger partial charge on any atom is 0.266 e. The zero-order valence-electron chi connectivity index (χ0n) is 16.4. The number of alkyl halides is 2. The van der Waals surface area contributed by atoms with Crippen molar-refractivity contribution in [3.8, 4) is 0 Å². The van der Waals surface area contributed by atoms with Crippen molar-refractivity contribution in [1.29, 1.82) is 0 Å². The van der Waals surface area contributed by atoms with Gasteiger partial charge in [-0.05, 0) is 34.9 Å². The highest BCUT2D eigenvalue weighted by Gasteiger charge is 2.21. The van der Waals surface area contributed by atoms with Gasteiger partial charge in [-0.15, -0.1) is 0 Å². The predicted molar refractivity (Wildman–Crippen MR) is 106 cm³/mol. The minimum atomic E-state index is -3.46. The lowest BCUT2D eigenvalue weighted by Crippen LogP contribution is -2.37. The topological polar surface area (TPSA) is 135 Å². The molecular formula is C17H19F3N4O5S2. The molecule has 0 spiro atoms. The van der Waals surface area contributed by atoms with Crippen LogP contribution in [0.1, 0.15) is 30.2 Å². The highest BCUT2D eigenvalue weighted by Crippen LogP contribution is 2.25. The number of halogens is 3. The Labute approximate surface area is 180 Å². The first kappa shape index (κ1) is 24.7. The molecule has 2 aromatic rings. The first-order valence-corrected chi connectivity index (χ1v) is 11.7. The standard InChI is InChI=1S/C17H19F3N4O5S2/c1-9(21-14(25)8-31(2,27)28)7-30-17-15(23-29-24-17)13(22-26)6-10-3-4-12(18)11(5-10)16(19)20/h3-5,9,16,26H,6-8H2,1-2H3,(H,21,25)/t9-/m0/s1. The van der Waals surface area contributed by atoms with Crippen molar-refractivity contribution in [3.05, 3.63) is 40.8 Å². The van der Waals surface area contributed by atoms with Crippen molar-refractivity contribution in [1.82, 2.24) is 15.6 Å². The van der Waals surface area contributed by atoms with Gasteiger partial charge in [0.2, 0.25) is 5.91 Å². The van der Waals surface area contributed by atoms with Crippen molar-refractivity contribution < 1.29 is 36.2 Å². The molecular weight excluding hydrogens is 461 g/mol. The highest BCUT2D eigenvalue weighted by atomic mass is 32.2. The zero-order chi connectivity index (χ0) is 23.2. The average Bonchev–Trinajstić information content (AvgIpc) is 3.12. The monoisotopic (exact) mass is 480 g/mol. The number of carbonyl (C=O) groups is 1. The van der Waals surface area contributed by atoms with Gasteiger partial charge in [0.1, 0.15) is 17.3 Å². The Bertz CT molecular complexity index is 1060. The lowest BCUT2D eigenvalue weighted by Gasteiger charge is -2.12. The predicted octanol–water partition coefficient (Wildman–Crippen LogP) is 2.21. The average molecular weight is 480 g/mol. The number of aromatic nitrogens is 2. The summed E-state index contributed by atoms with van der Waals surface area (Å²) in [4.78, 5) is 11.7. The summed E-state index contributed by atoms with van der Waals surface area (Å²) in [5.74, 6) is -2.09. The van der Waals surface area contributed by atoms with Gasteiger partial charge in [-0.3, -0.25) is 4.79 Å². The Morgan fingerprint density at radius 3 is 2.68 bits per heavy atom. The van der Waals surface area contributed by atoms with E-state index in [1.165, 1.54) is 6.07 Å². The number of sulfone groups is 1. The summed E-state index contributed by atoms with van der Waals surface area (Å²) in [5.41, 5.74) is -0.527. The lowest BCUT2D eigenvalue weighted by atomic mass is 10.0. The van der Waals surface area contributed by atoms with Gasteiger partial charge in [0.05, 0.1) is 5.56 Å². The minimum absolute atomic E-state index is 0.0464. The van der Waals surface area contributed by atoms with E-state index in [4.69, 9.17) is 0 Å². The molecule has 1 aromatic carbocycles. The molecule has 2 rings (SSSR count). The van der Waals surface area contributed by atoms with Crippen molar-refractivity contribution in [3.63, 3.8) is 0 Å². The quantitative estimate of drug-likeness (QED) is 0.229. The third-order valence-corrected chi connectivity index (χ3v) is 5.78. The van der Waals surface area contributed by atoms with Crippen LogP contribution in [-0.4, -0.2) is 59.4 Å². The first-order valence-electron chi connectivity index (χ1n) is 8.70. The van der Waals surface area contributed by atoms with Gasteiger partial charge in [-0.1, -0.05) is 23.0 Å². The number of carbonyl (C=O) groups excluding carboxylic acids is 1. The van der Waals surface area contributed by atoms with Gasteiger partial charge in [-0.25, -0.2) is 26.2 Å². The largest absolute Gasteiger partial charge is 0.411 e. The molecule has 14 heteroatoms. The van der Waals surface area contributed by atoms with Crippen LogP contribution in [0.15, 0.2) is 33.0 Å². The van der Waals surface area contributed by atoms with Gasteiger partial charge in [0, 0.05) is 24.5 Å². The Balaban J connectivity index is 2.06. The van der Waals surface area contributed by atoms with E-state index >= 15 is 0 Å². The van der Waals surface area contributed by atoms with Crippen LogP contribution < -0.4 is 5.32 Å². The summed E-state index contributed by atoms with van der Waals surface area (Å²) in [6, 6.07) is 2.68. The van der Waals surface area contributed by atoms with Gasteiger partial charge in [-0.2, -0.15) is 0 Å². The van der Waals surface area contributed by atoms with Gasteiger partial charge < -0.3 is 10.5 Å². The molecule has 2 N–H and O–H groups in total. The minimum Gasteiger partial charge on any atom is -0.411 e. The van der Waals surface area contributed by atoms with E-state index in [-0.39, 0.29) is 34.2 Å². The second kappa shape index (κ2) is 10.6. The highest BCUT2D eigenvalue weighted by molar-refractivity contribution is 7.99. The summed E-state index contributed by atoms with van der Waals surface area (Å²) in [5, 5.41) is 22.6. The Morgan fingerprint density at radius 1 is 1.35 bits per heavy atom. The van der Waals surface area contributed by atoms with E-state index in [0.717, 1.165) is 30.2 Å². The number of rotatable bonds is 10. The molecule has 0 unspecified atom stereocenters. The maximum absolute atomic E-state index is 13.5. The molecule has 1 aromatic heterocycles. The van der Waals surface area contributed by atoms with Gasteiger partial charge >= 0.3 is 0 Å².